The van der Waals surface area contributed by atoms with Crippen molar-refractivity contribution in [2.45, 2.75) is 33.6 Å². The van der Waals surface area contributed by atoms with Gasteiger partial charge in [-0.2, -0.15) is 5.26 Å². The van der Waals surface area contributed by atoms with Crippen molar-refractivity contribution >= 4 is 5.91 Å². The third kappa shape index (κ3) is 4.78. The summed E-state index contributed by atoms with van der Waals surface area (Å²) in [4.78, 5) is 13.8. The second-order valence-corrected chi connectivity index (χ2v) is 4.79. The van der Waals surface area contributed by atoms with Gasteiger partial charge in [-0.25, -0.2) is 0 Å². The molecule has 0 N–H and O–H groups in total. The smallest absolute Gasteiger partial charge is 0.240 e. The van der Waals surface area contributed by atoms with Crippen LogP contribution in [0.15, 0.2) is 24.3 Å². The van der Waals surface area contributed by atoms with E-state index in [1.807, 2.05) is 38.1 Å². The predicted molar refractivity (Wildman–Crippen MR) is 83.0 cm³/mol. The zero-order chi connectivity index (χ0) is 15.7. The van der Waals surface area contributed by atoms with Crippen LogP contribution in [0.25, 0.3) is 0 Å². The van der Waals surface area contributed by atoms with Crippen LogP contribution >= 0.6 is 0 Å². The Morgan fingerprint density at radius 2 is 1.95 bits per heavy atom. The maximum Gasteiger partial charge on any atom is 0.240 e. The molecule has 0 saturated carbocycles. The fourth-order valence-corrected chi connectivity index (χ4v) is 2.22. The summed E-state index contributed by atoms with van der Waals surface area (Å²) >= 11 is 0. The van der Waals surface area contributed by atoms with Crippen LogP contribution in [0.2, 0.25) is 0 Å². The molecule has 1 amide bonds. The molecule has 0 aromatic heterocycles. The number of nitriles is 1. The molecule has 0 aliphatic rings. The van der Waals surface area contributed by atoms with Crippen molar-refractivity contribution in [3.05, 3.63) is 29.8 Å². The lowest BCUT2D eigenvalue weighted by Crippen LogP contribution is -2.36. The summed E-state index contributed by atoms with van der Waals surface area (Å²) in [6.45, 7) is 7.56. The number of nitrogens with zero attached hydrogens (tertiary/aromatic N) is 2. The molecule has 0 saturated heterocycles. The van der Waals surface area contributed by atoms with Crippen LogP contribution < -0.4 is 4.74 Å². The monoisotopic (exact) mass is 288 g/mol. The second kappa shape index (κ2) is 9.02. The first-order chi connectivity index (χ1) is 10.2. The van der Waals surface area contributed by atoms with E-state index in [0.717, 1.165) is 17.7 Å². The molecule has 1 rings (SSSR count). The van der Waals surface area contributed by atoms with Gasteiger partial charge in [-0.05, 0) is 31.9 Å². The van der Waals surface area contributed by atoms with Gasteiger partial charge in [0.1, 0.15) is 11.7 Å². The molecule has 1 unspecified atom stereocenters. The lowest BCUT2D eigenvalue weighted by molar-refractivity contribution is -0.133. The molecule has 4 heteroatoms. The van der Waals surface area contributed by atoms with Crippen LogP contribution in [-0.2, 0) is 11.2 Å². The summed E-state index contributed by atoms with van der Waals surface area (Å²) in [6.07, 6.45) is 1.32. The lowest BCUT2D eigenvalue weighted by Gasteiger charge is -2.21. The highest BCUT2D eigenvalue weighted by Gasteiger charge is 2.22. The Morgan fingerprint density at radius 1 is 1.29 bits per heavy atom. The maximum atomic E-state index is 12.1. The van der Waals surface area contributed by atoms with Gasteiger partial charge in [0, 0.05) is 19.5 Å². The number of aryl methyl sites for hydroxylation is 1. The highest BCUT2D eigenvalue weighted by atomic mass is 16.5. The highest BCUT2D eigenvalue weighted by molar-refractivity contribution is 5.81. The topological polar surface area (TPSA) is 53.3 Å². The third-order valence-corrected chi connectivity index (χ3v) is 3.55. The van der Waals surface area contributed by atoms with Gasteiger partial charge >= 0.3 is 0 Å². The highest BCUT2D eigenvalue weighted by Crippen LogP contribution is 2.19. The van der Waals surface area contributed by atoms with Gasteiger partial charge in [0.25, 0.3) is 0 Å². The van der Waals surface area contributed by atoms with E-state index in [2.05, 4.69) is 13.0 Å². The predicted octanol–water partition coefficient (Wildman–Crippen LogP) is 3.03. The van der Waals surface area contributed by atoms with E-state index in [1.165, 1.54) is 0 Å². The minimum atomic E-state index is -0.626. The van der Waals surface area contributed by atoms with Crippen molar-refractivity contribution in [2.24, 2.45) is 5.92 Å². The van der Waals surface area contributed by atoms with Crippen molar-refractivity contribution in [3.63, 3.8) is 0 Å². The lowest BCUT2D eigenvalue weighted by atomic mass is 10.1. The molecule has 1 atom stereocenters. The third-order valence-electron chi connectivity index (χ3n) is 3.55. The maximum absolute atomic E-state index is 12.1. The molecule has 4 nitrogen and oxygen atoms in total. The molecule has 0 fully saturated rings. The fourth-order valence-electron chi connectivity index (χ4n) is 2.22. The largest absolute Gasteiger partial charge is 0.493 e. The molecule has 1 aromatic rings. The SMILES string of the molecule is CCc1ccccc1OCCC(C#N)C(=O)N(CC)CC. The molecule has 1 aromatic carbocycles. The Hall–Kier alpha value is -2.02. The minimum Gasteiger partial charge on any atom is -0.493 e. The summed E-state index contributed by atoms with van der Waals surface area (Å²) in [6, 6.07) is 9.95. The summed E-state index contributed by atoms with van der Waals surface area (Å²) < 4.78 is 5.74. The van der Waals surface area contributed by atoms with Gasteiger partial charge < -0.3 is 9.64 Å². The summed E-state index contributed by atoms with van der Waals surface area (Å²) in [7, 11) is 0. The molecule has 0 radical (unpaired) electrons. The van der Waals surface area contributed by atoms with E-state index in [1.54, 1.807) is 4.90 Å². The standard InChI is InChI=1S/C17H24N2O2/c1-4-14-9-7-8-10-16(14)21-12-11-15(13-18)17(20)19(5-2)6-3/h7-10,15H,4-6,11-12H2,1-3H3. The molecule has 0 heterocycles. The number of carbonyl (C=O) groups is 1. The van der Waals surface area contributed by atoms with Gasteiger partial charge in [0.2, 0.25) is 5.91 Å². The normalized spacial score (nSPS) is 11.5. The van der Waals surface area contributed by atoms with Gasteiger partial charge in [0.05, 0.1) is 12.7 Å². The van der Waals surface area contributed by atoms with Crippen molar-refractivity contribution in [1.82, 2.24) is 4.90 Å². The fraction of sp³-hybridized carbons (Fsp3) is 0.529. The number of amides is 1. The summed E-state index contributed by atoms with van der Waals surface area (Å²) in [5, 5.41) is 9.18. The van der Waals surface area contributed by atoms with Gasteiger partial charge in [-0.15, -0.1) is 0 Å². The van der Waals surface area contributed by atoms with Crippen LogP contribution in [0.1, 0.15) is 32.8 Å². The molecule has 114 valence electrons. The second-order valence-electron chi connectivity index (χ2n) is 4.79. The van der Waals surface area contributed by atoms with E-state index >= 15 is 0 Å². The molecular weight excluding hydrogens is 264 g/mol. The van der Waals surface area contributed by atoms with Crippen molar-refractivity contribution in [2.75, 3.05) is 19.7 Å². The Bertz CT molecular complexity index is 490. The minimum absolute atomic E-state index is 0.102. The number of rotatable bonds is 8. The quantitative estimate of drug-likeness (QED) is 0.739. The molecular formula is C17H24N2O2. The Kier molecular flexibility index (Phi) is 7.31. The first kappa shape index (κ1) is 17.0. The Labute approximate surface area is 127 Å². The van der Waals surface area contributed by atoms with Crippen molar-refractivity contribution in [3.8, 4) is 11.8 Å². The average Bonchev–Trinajstić information content (AvgIpc) is 2.53. The van der Waals surface area contributed by atoms with Gasteiger partial charge in [-0.3, -0.25) is 4.79 Å². The van der Waals surface area contributed by atoms with Crippen LogP contribution in [-0.4, -0.2) is 30.5 Å². The zero-order valence-electron chi connectivity index (χ0n) is 13.1. The van der Waals surface area contributed by atoms with Crippen LogP contribution in [0.3, 0.4) is 0 Å². The van der Waals surface area contributed by atoms with E-state index in [4.69, 9.17) is 4.74 Å². The van der Waals surface area contributed by atoms with E-state index < -0.39 is 5.92 Å². The number of ether oxygens (including phenoxy) is 1. The molecule has 0 spiro atoms. The first-order valence-electron chi connectivity index (χ1n) is 7.56. The Morgan fingerprint density at radius 3 is 2.52 bits per heavy atom. The molecule has 0 aliphatic carbocycles. The van der Waals surface area contributed by atoms with Gasteiger partial charge in [0.15, 0.2) is 0 Å². The molecule has 21 heavy (non-hydrogen) atoms. The van der Waals surface area contributed by atoms with Crippen LogP contribution in [0.5, 0.6) is 5.75 Å². The van der Waals surface area contributed by atoms with Crippen molar-refractivity contribution < 1.29 is 9.53 Å². The number of benzene rings is 1. The van der Waals surface area contributed by atoms with E-state index in [9.17, 15) is 10.1 Å². The van der Waals surface area contributed by atoms with E-state index in [0.29, 0.717) is 26.1 Å². The Balaban J connectivity index is 2.57. The zero-order valence-corrected chi connectivity index (χ0v) is 13.1. The van der Waals surface area contributed by atoms with Crippen LogP contribution in [0.4, 0.5) is 0 Å². The van der Waals surface area contributed by atoms with E-state index in [-0.39, 0.29) is 5.91 Å². The first-order valence-corrected chi connectivity index (χ1v) is 7.56. The number of carbonyl (C=O) groups excluding carboxylic acids is 1. The number of para-hydroxylation sites is 1. The summed E-state index contributed by atoms with van der Waals surface area (Å²) in [5.74, 6) is 0.112. The summed E-state index contributed by atoms with van der Waals surface area (Å²) in [5.41, 5.74) is 1.14. The molecule has 0 bridgehead atoms. The van der Waals surface area contributed by atoms with Crippen LogP contribution in [0, 0.1) is 17.2 Å². The number of hydrogen-bond donors (Lipinski definition) is 0. The molecule has 0 aliphatic heterocycles. The number of hydrogen-bond acceptors (Lipinski definition) is 3. The van der Waals surface area contributed by atoms with Gasteiger partial charge in [-0.1, -0.05) is 25.1 Å². The average molecular weight is 288 g/mol. The van der Waals surface area contributed by atoms with Crippen molar-refractivity contribution in [1.29, 1.82) is 5.26 Å².